The zero-order valence-corrected chi connectivity index (χ0v) is 15.2. The molecule has 26 heavy (non-hydrogen) atoms. The summed E-state index contributed by atoms with van der Waals surface area (Å²) < 4.78 is 7.83. The Balaban J connectivity index is 1.47. The average Bonchev–Trinajstić information content (AvgIpc) is 2.97. The quantitative estimate of drug-likeness (QED) is 0.793. The summed E-state index contributed by atoms with van der Waals surface area (Å²) in [5.74, 6) is 2.52. The van der Waals surface area contributed by atoms with E-state index in [2.05, 4.69) is 0 Å². The van der Waals surface area contributed by atoms with E-state index < -0.39 is 0 Å². The highest BCUT2D eigenvalue weighted by Gasteiger charge is 2.38. The highest BCUT2D eigenvalue weighted by Crippen LogP contribution is 2.37. The number of nitrogens with zero attached hydrogens (tertiary/aromatic N) is 2. The topological polar surface area (TPSA) is 55.5 Å². The van der Waals surface area contributed by atoms with Crippen molar-refractivity contribution in [2.75, 3.05) is 13.1 Å². The van der Waals surface area contributed by atoms with Crippen LogP contribution in [0.4, 0.5) is 0 Å². The molecular formula is C21H24N2O3. The normalized spacial score (nSPS) is 24.1. The summed E-state index contributed by atoms with van der Waals surface area (Å²) in [6, 6.07) is 5.52. The summed E-state index contributed by atoms with van der Waals surface area (Å²) in [6.45, 7) is 4.07. The molecule has 0 unspecified atom stereocenters. The molecule has 4 heterocycles. The van der Waals surface area contributed by atoms with Crippen LogP contribution < -0.4 is 5.56 Å². The maximum atomic E-state index is 13.4. The third-order valence-corrected chi connectivity index (χ3v) is 6.33. The van der Waals surface area contributed by atoms with Gasteiger partial charge >= 0.3 is 0 Å². The van der Waals surface area contributed by atoms with Crippen molar-refractivity contribution in [2.24, 2.45) is 5.92 Å². The Hall–Kier alpha value is -2.30. The Morgan fingerprint density at radius 1 is 1.15 bits per heavy atom. The Bertz CT molecular complexity index is 939. The maximum Gasteiger partial charge on any atom is 0.257 e. The van der Waals surface area contributed by atoms with Gasteiger partial charge < -0.3 is 13.9 Å². The lowest BCUT2D eigenvalue weighted by molar-refractivity contribution is 0.0592. The monoisotopic (exact) mass is 352 g/mol. The number of carbonyl (C=O) groups is 1. The van der Waals surface area contributed by atoms with E-state index in [4.69, 9.17) is 4.42 Å². The van der Waals surface area contributed by atoms with E-state index in [-0.39, 0.29) is 17.4 Å². The first-order valence-corrected chi connectivity index (χ1v) is 9.72. The van der Waals surface area contributed by atoms with E-state index in [0.717, 1.165) is 73.5 Å². The molecule has 0 saturated carbocycles. The minimum atomic E-state index is 0.0803. The fourth-order valence-corrected chi connectivity index (χ4v) is 5.20. The van der Waals surface area contributed by atoms with Crippen LogP contribution in [0.2, 0.25) is 0 Å². The van der Waals surface area contributed by atoms with Crippen LogP contribution in [-0.4, -0.2) is 28.5 Å². The number of aromatic nitrogens is 1. The lowest BCUT2D eigenvalue weighted by Crippen LogP contribution is -2.49. The summed E-state index contributed by atoms with van der Waals surface area (Å²) >= 11 is 0. The number of fused-ring (bicyclic) bond motifs is 5. The maximum absolute atomic E-state index is 13.4. The molecule has 5 heteroatoms. The Morgan fingerprint density at radius 3 is 2.88 bits per heavy atom. The predicted molar refractivity (Wildman–Crippen MR) is 97.5 cm³/mol. The molecule has 1 amide bonds. The molecule has 0 aromatic carbocycles. The predicted octanol–water partition coefficient (Wildman–Crippen LogP) is 2.89. The van der Waals surface area contributed by atoms with E-state index in [0.29, 0.717) is 12.5 Å². The van der Waals surface area contributed by atoms with Crippen molar-refractivity contribution in [1.29, 1.82) is 0 Å². The van der Waals surface area contributed by atoms with Crippen molar-refractivity contribution in [3.05, 3.63) is 56.9 Å². The number of aryl methyl sites for hydroxylation is 2. The molecule has 2 aromatic rings. The first-order chi connectivity index (χ1) is 12.6. The van der Waals surface area contributed by atoms with Crippen LogP contribution in [0.5, 0.6) is 0 Å². The van der Waals surface area contributed by atoms with Crippen LogP contribution in [0.1, 0.15) is 58.3 Å². The van der Waals surface area contributed by atoms with Crippen molar-refractivity contribution in [3.63, 3.8) is 0 Å². The second-order valence-corrected chi connectivity index (χ2v) is 8.05. The highest BCUT2D eigenvalue weighted by atomic mass is 16.3. The molecule has 2 aliphatic heterocycles. The highest BCUT2D eigenvalue weighted by molar-refractivity contribution is 5.97. The molecule has 1 fully saturated rings. The third-order valence-electron chi connectivity index (χ3n) is 6.33. The molecule has 2 atom stereocenters. The zero-order chi connectivity index (χ0) is 17.8. The molecular weight excluding hydrogens is 328 g/mol. The van der Waals surface area contributed by atoms with E-state index in [1.54, 1.807) is 6.07 Å². The lowest BCUT2D eigenvalue weighted by Gasteiger charge is -2.42. The molecule has 136 valence electrons. The Labute approximate surface area is 152 Å². The van der Waals surface area contributed by atoms with Gasteiger partial charge in [-0.15, -0.1) is 0 Å². The van der Waals surface area contributed by atoms with Crippen molar-refractivity contribution in [3.8, 4) is 0 Å². The molecule has 1 saturated heterocycles. The number of amides is 1. The van der Waals surface area contributed by atoms with Gasteiger partial charge in [0.1, 0.15) is 11.5 Å². The molecule has 0 radical (unpaired) electrons. The summed E-state index contributed by atoms with van der Waals surface area (Å²) in [5, 5.41) is 0. The van der Waals surface area contributed by atoms with Crippen molar-refractivity contribution < 1.29 is 9.21 Å². The average molecular weight is 352 g/mol. The first-order valence-electron chi connectivity index (χ1n) is 9.72. The Morgan fingerprint density at radius 2 is 2.00 bits per heavy atom. The molecule has 0 N–H and O–H groups in total. The van der Waals surface area contributed by atoms with Gasteiger partial charge in [0, 0.05) is 49.3 Å². The van der Waals surface area contributed by atoms with Crippen molar-refractivity contribution in [1.82, 2.24) is 9.47 Å². The van der Waals surface area contributed by atoms with Crippen LogP contribution in [0, 0.1) is 12.8 Å². The number of pyridine rings is 1. The second kappa shape index (κ2) is 5.86. The van der Waals surface area contributed by atoms with Crippen LogP contribution in [-0.2, 0) is 19.4 Å². The fraction of sp³-hybridized carbons (Fsp3) is 0.524. The van der Waals surface area contributed by atoms with Crippen molar-refractivity contribution >= 4 is 5.91 Å². The number of hydrogen-bond acceptors (Lipinski definition) is 3. The fourth-order valence-electron chi connectivity index (χ4n) is 5.20. The number of piperidine rings is 1. The number of furan rings is 1. The number of carbonyl (C=O) groups excluding carboxylic acids is 1. The van der Waals surface area contributed by atoms with Gasteiger partial charge in [0.2, 0.25) is 0 Å². The van der Waals surface area contributed by atoms with Gasteiger partial charge in [-0.1, -0.05) is 6.07 Å². The molecule has 5 nitrogen and oxygen atoms in total. The third kappa shape index (κ3) is 2.37. The van der Waals surface area contributed by atoms with E-state index in [1.165, 1.54) is 0 Å². The van der Waals surface area contributed by atoms with Crippen LogP contribution in [0.15, 0.2) is 27.4 Å². The molecule has 1 aliphatic carbocycles. The van der Waals surface area contributed by atoms with E-state index in [1.807, 2.05) is 28.5 Å². The number of likely N-dealkylation sites (tertiary alicyclic amines) is 1. The molecule has 5 rings (SSSR count). The molecule has 0 spiro atoms. The van der Waals surface area contributed by atoms with Crippen LogP contribution in [0.3, 0.4) is 0 Å². The largest absolute Gasteiger partial charge is 0.465 e. The zero-order valence-electron chi connectivity index (χ0n) is 15.2. The second-order valence-electron chi connectivity index (χ2n) is 8.05. The van der Waals surface area contributed by atoms with Crippen molar-refractivity contribution in [2.45, 2.75) is 51.5 Å². The standard InChI is InChI=1S/C21H24N2O3/c1-13-20(16-5-2-3-7-18(16)26-13)21(25)22-10-14-9-15(12-22)17-6-4-8-19(24)23(17)11-14/h4,6,8,14-15H,2-3,5,7,9-12H2,1H3/t14-,15-/m0/s1. The van der Waals surface area contributed by atoms with Crippen LogP contribution in [0.25, 0.3) is 0 Å². The van der Waals surface area contributed by atoms with Gasteiger partial charge in [0.25, 0.3) is 11.5 Å². The molecule has 3 aliphatic rings. The van der Waals surface area contributed by atoms with Gasteiger partial charge in [-0.25, -0.2) is 0 Å². The summed E-state index contributed by atoms with van der Waals surface area (Å²) in [7, 11) is 0. The smallest absolute Gasteiger partial charge is 0.257 e. The lowest BCUT2D eigenvalue weighted by atomic mass is 9.82. The minimum Gasteiger partial charge on any atom is -0.465 e. The molecule has 2 bridgehead atoms. The Kier molecular flexibility index (Phi) is 3.59. The van der Waals surface area contributed by atoms with Gasteiger partial charge in [0.15, 0.2) is 0 Å². The van der Waals surface area contributed by atoms with Crippen LogP contribution >= 0.6 is 0 Å². The van der Waals surface area contributed by atoms with Gasteiger partial charge in [-0.05, 0) is 44.6 Å². The van der Waals surface area contributed by atoms with Gasteiger partial charge in [-0.3, -0.25) is 9.59 Å². The van der Waals surface area contributed by atoms with E-state index in [9.17, 15) is 9.59 Å². The van der Waals surface area contributed by atoms with Gasteiger partial charge in [0.05, 0.1) is 5.56 Å². The van der Waals surface area contributed by atoms with E-state index >= 15 is 0 Å². The molecule has 2 aromatic heterocycles. The SMILES string of the molecule is Cc1oc2c(c1C(=O)N1C[C@@H]3C[C@@H](C1)c1cccc(=O)n1C3)CCCC2. The number of hydrogen-bond donors (Lipinski definition) is 0. The summed E-state index contributed by atoms with van der Waals surface area (Å²) in [6.07, 6.45) is 5.24. The summed E-state index contributed by atoms with van der Waals surface area (Å²) in [4.78, 5) is 27.5. The minimum absolute atomic E-state index is 0.0803. The summed E-state index contributed by atoms with van der Waals surface area (Å²) in [5.41, 5.74) is 3.12. The number of rotatable bonds is 1. The first kappa shape index (κ1) is 15.9. The van der Waals surface area contributed by atoms with Gasteiger partial charge in [-0.2, -0.15) is 0 Å².